The molecule has 0 saturated carbocycles. The molecular formula is C18H19N3O5S. The summed E-state index contributed by atoms with van der Waals surface area (Å²) < 4.78 is 33.6. The second kappa shape index (κ2) is 7.67. The van der Waals surface area contributed by atoms with Crippen LogP contribution >= 0.6 is 0 Å². The van der Waals surface area contributed by atoms with Gasteiger partial charge in [0.05, 0.1) is 28.6 Å². The van der Waals surface area contributed by atoms with E-state index in [1.165, 1.54) is 18.2 Å². The zero-order valence-corrected chi connectivity index (χ0v) is 15.4. The van der Waals surface area contributed by atoms with Crippen molar-refractivity contribution in [2.75, 3.05) is 22.0 Å². The van der Waals surface area contributed by atoms with E-state index in [1.54, 1.807) is 24.3 Å². The molecule has 1 heterocycles. The maximum Gasteiger partial charge on any atom is 0.262 e. The summed E-state index contributed by atoms with van der Waals surface area (Å²) in [5.74, 6) is -0.535. The third-order valence-corrected chi connectivity index (χ3v) is 5.13. The number of benzene rings is 2. The molecule has 0 aliphatic carbocycles. The normalized spacial score (nSPS) is 13.8. The Kier molecular flexibility index (Phi) is 5.31. The minimum absolute atomic E-state index is 0.0528. The van der Waals surface area contributed by atoms with Gasteiger partial charge >= 0.3 is 0 Å². The molecule has 0 bridgehead atoms. The predicted molar refractivity (Wildman–Crippen MR) is 101 cm³/mol. The number of fused-ring (bicyclic) bond motifs is 1. The van der Waals surface area contributed by atoms with Gasteiger partial charge in [0, 0.05) is 0 Å². The lowest BCUT2D eigenvalue weighted by Crippen LogP contribution is -2.16. The molecule has 3 N–H and O–H groups in total. The maximum atomic E-state index is 12.8. The summed E-state index contributed by atoms with van der Waals surface area (Å²) in [5, 5.41) is 5.09. The number of carbonyl (C=O) groups excluding carboxylic acids is 2. The van der Waals surface area contributed by atoms with Crippen LogP contribution in [0.5, 0.6) is 5.75 Å². The minimum atomic E-state index is -3.93. The lowest BCUT2D eigenvalue weighted by molar-refractivity contribution is -0.123. The summed E-state index contributed by atoms with van der Waals surface area (Å²) in [6, 6.07) is 10.8. The van der Waals surface area contributed by atoms with Gasteiger partial charge in [-0.15, -0.1) is 0 Å². The number of amides is 2. The second-order valence-electron chi connectivity index (χ2n) is 5.93. The van der Waals surface area contributed by atoms with Crippen LogP contribution in [0.1, 0.15) is 19.8 Å². The first kappa shape index (κ1) is 18.7. The molecule has 0 aromatic heterocycles. The highest BCUT2D eigenvalue weighted by Gasteiger charge is 2.22. The van der Waals surface area contributed by atoms with Crippen molar-refractivity contribution in [2.45, 2.75) is 24.7 Å². The molecule has 8 nitrogen and oxygen atoms in total. The average Bonchev–Trinajstić information content (AvgIpc) is 2.76. The lowest BCUT2D eigenvalue weighted by Gasteiger charge is -2.14. The highest BCUT2D eigenvalue weighted by atomic mass is 32.2. The lowest BCUT2D eigenvalue weighted by atomic mass is 10.2. The number of hydrogen-bond acceptors (Lipinski definition) is 5. The van der Waals surface area contributed by atoms with Gasteiger partial charge in [0.15, 0.2) is 0 Å². The molecule has 0 saturated heterocycles. The topological polar surface area (TPSA) is 114 Å². The maximum absolute atomic E-state index is 12.8. The van der Waals surface area contributed by atoms with E-state index in [2.05, 4.69) is 15.4 Å². The van der Waals surface area contributed by atoms with Gasteiger partial charge in [0.1, 0.15) is 12.2 Å². The number of hydrogen-bond donors (Lipinski definition) is 3. The Morgan fingerprint density at radius 3 is 2.48 bits per heavy atom. The Labute approximate surface area is 157 Å². The van der Waals surface area contributed by atoms with E-state index in [0.717, 1.165) is 6.42 Å². The van der Waals surface area contributed by atoms with Crippen molar-refractivity contribution in [1.29, 1.82) is 0 Å². The SMILES string of the molecule is CCCOc1ccccc1NS(=O)(=O)c1ccc2c(c1)NC(=O)CC(=O)N2. The van der Waals surface area contributed by atoms with Gasteiger partial charge in [-0.05, 0) is 36.8 Å². The third kappa shape index (κ3) is 4.37. The van der Waals surface area contributed by atoms with Crippen LogP contribution in [0.15, 0.2) is 47.4 Å². The van der Waals surface area contributed by atoms with Crippen molar-refractivity contribution in [1.82, 2.24) is 0 Å². The first-order chi connectivity index (χ1) is 12.9. The van der Waals surface area contributed by atoms with Crippen molar-refractivity contribution < 1.29 is 22.7 Å². The molecule has 142 valence electrons. The quantitative estimate of drug-likeness (QED) is 0.657. The van der Waals surface area contributed by atoms with E-state index in [9.17, 15) is 18.0 Å². The van der Waals surface area contributed by atoms with Gasteiger partial charge in [-0.2, -0.15) is 0 Å². The molecule has 3 rings (SSSR count). The standard InChI is InChI=1S/C18H19N3O5S/c1-2-9-26-16-6-4-3-5-14(16)21-27(24,25)12-7-8-13-15(10-12)20-18(23)11-17(22)19-13/h3-8,10,21H,2,9,11H2,1H3,(H,19,22)(H,20,23). The summed E-state index contributed by atoms with van der Waals surface area (Å²) in [7, 11) is -3.93. The monoisotopic (exact) mass is 389 g/mol. The number of sulfonamides is 1. The number of ether oxygens (including phenoxy) is 1. The van der Waals surface area contributed by atoms with Gasteiger partial charge in [-0.3, -0.25) is 14.3 Å². The van der Waals surface area contributed by atoms with Crippen LogP contribution in [0.3, 0.4) is 0 Å². The van der Waals surface area contributed by atoms with Gasteiger partial charge < -0.3 is 15.4 Å². The number of anilines is 3. The van der Waals surface area contributed by atoms with Crippen LogP contribution < -0.4 is 20.1 Å². The second-order valence-corrected chi connectivity index (χ2v) is 7.61. The van der Waals surface area contributed by atoms with Crippen molar-refractivity contribution in [3.8, 4) is 5.75 Å². The molecule has 0 spiro atoms. The summed E-state index contributed by atoms with van der Waals surface area (Å²) in [5.41, 5.74) is 0.888. The molecule has 27 heavy (non-hydrogen) atoms. The molecule has 2 aromatic carbocycles. The smallest absolute Gasteiger partial charge is 0.262 e. The van der Waals surface area contributed by atoms with E-state index >= 15 is 0 Å². The largest absolute Gasteiger partial charge is 0.491 e. The molecule has 0 radical (unpaired) electrons. The summed E-state index contributed by atoms with van der Waals surface area (Å²) in [6.45, 7) is 2.42. The van der Waals surface area contributed by atoms with E-state index in [1.807, 2.05) is 6.92 Å². The number of rotatable bonds is 6. The summed E-state index contributed by atoms with van der Waals surface area (Å²) in [6.07, 6.45) is 0.467. The zero-order chi connectivity index (χ0) is 19.4. The fraction of sp³-hybridized carbons (Fsp3) is 0.222. The Balaban J connectivity index is 1.90. The van der Waals surface area contributed by atoms with Crippen LogP contribution in [-0.2, 0) is 19.6 Å². The molecule has 1 aliphatic heterocycles. The Hall–Kier alpha value is -3.07. The molecule has 2 amide bonds. The number of nitrogens with one attached hydrogen (secondary N) is 3. The zero-order valence-electron chi connectivity index (χ0n) is 14.6. The third-order valence-electron chi connectivity index (χ3n) is 3.76. The highest BCUT2D eigenvalue weighted by molar-refractivity contribution is 7.92. The van der Waals surface area contributed by atoms with Crippen molar-refractivity contribution in [3.05, 3.63) is 42.5 Å². The average molecular weight is 389 g/mol. The first-order valence-corrected chi connectivity index (χ1v) is 9.86. The van der Waals surface area contributed by atoms with Crippen LogP contribution in [0.25, 0.3) is 0 Å². The minimum Gasteiger partial charge on any atom is -0.491 e. The highest BCUT2D eigenvalue weighted by Crippen LogP contribution is 2.30. The Morgan fingerprint density at radius 2 is 1.74 bits per heavy atom. The number of carbonyl (C=O) groups is 2. The van der Waals surface area contributed by atoms with Crippen molar-refractivity contribution in [3.63, 3.8) is 0 Å². The van der Waals surface area contributed by atoms with Gasteiger partial charge in [-0.1, -0.05) is 19.1 Å². The molecule has 0 atom stereocenters. The van der Waals surface area contributed by atoms with Crippen LogP contribution in [-0.4, -0.2) is 26.8 Å². The van der Waals surface area contributed by atoms with E-state index in [4.69, 9.17) is 4.74 Å². The molecule has 9 heteroatoms. The van der Waals surface area contributed by atoms with E-state index < -0.39 is 21.8 Å². The number of para-hydroxylation sites is 2. The van der Waals surface area contributed by atoms with Gasteiger partial charge in [0.25, 0.3) is 10.0 Å². The predicted octanol–water partition coefficient (Wildman–Crippen LogP) is 2.56. The van der Waals surface area contributed by atoms with Crippen LogP contribution in [0.2, 0.25) is 0 Å². The van der Waals surface area contributed by atoms with E-state index in [-0.39, 0.29) is 17.0 Å². The van der Waals surface area contributed by atoms with Crippen LogP contribution in [0, 0.1) is 0 Å². The Bertz CT molecular complexity index is 988. The Morgan fingerprint density at radius 1 is 1.04 bits per heavy atom. The summed E-state index contributed by atoms with van der Waals surface area (Å²) >= 11 is 0. The first-order valence-electron chi connectivity index (χ1n) is 8.37. The van der Waals surface area contributed by atoms with Crippen molar-refractivity contribution >= 4 is 38.9 Å². The molecule has 0 fully saturated rings. The summed E-state index contributed by atoms with van der Waals surface area (Å²) in [4.78, 5) is 23.2. The van der Waals surface area contributed by atoms with Crippen molar-refractivity contribution in [2.24, 2.45) is 0 Å². The molecular weight excluding hydrogens is 370 g/mol. The fourth-order valence-electron chi connectivity index (χ4n) is 2.53. The molecule has 2 aromatic rings. The van der Waals surface area contributed by atoms with E-state index in [0.29, 0.717) is 23.7 Å². The molecule has 1 aliphatic rings. The molecule has 0 unspecified atom stereocenters. The van der Waals surface area contributed by atoms with Gasteiger partial charge in [-0.25, -0.2) is 8.42 Å². The van der Waals surface area contributed by atoms with Gasteiger partial charge in [0.2, 0.25) is 11.8 Å². The fourth-order valence-corrected chi connectivity index (χ4v) is 3.63. The van der Waals surface area contributed by atoms with Crippen LogP contribution in [0.4, 0.5) is 17.1 Å².